The molecule has 5 heterocycles. The van der Waals surface area contributed by atoms with Gasteiger partial charge in [0.15, 0.2) is 11.4 Å². The van der Waals surface area contributed by atoms with Crippen LogP contribution in [0.25, 0.3) is 0 Å². The summed E-state index contributed by atoms with van der Waals surface area (Å²) in [5.41, 5.74) is 0.863. The van der Waals surface area contributed by atoms with Gasteiger partial charge in [-0.2, -0.15) is 11.3 Å². The molecule has 2 saturated heterocycles. The average molecular weight is 423 g/mol. The number of nitrogens with zero attached hydrogens (tertiary/aromatic N) is 3. The average Bonchev–Trinajstić information content (AvgIpc) is 3.53. The van der Waals surface area contributed by atoms with Gasteiger partial charge in [-0.05, 0) is 46.2 Å². The Morgan fingerprint density at radius 1 is 1.30 bits per heavy atom. The Kier molecular flexibility index (Phi) is 4.88. The van der Waals surface area contributed by atoms with E-state index in [0.29, 0.717) is 26.2 Å². The zero-order chi connectivity index (χ0) is 20.6. The van der Waals surface area contributed by atoms with Crippen molar-refractivity contribution < 1.29 is 18.7 Å². The maximum absolute atomic E-state index is 13.7. The highest BCUT2D eigenvalue weighted by atomic mass is 32.1. The highest BCUT2D eigenvalue weighted by molar-refractivity contribution is 7.07. The highest BCUT2D eigenvalue weighted by Gasteiger charge is 2.58. The molecule has 154 valence electrons. The van der Waals surface area contributed by atoms with Crippen LogP contribution < -0.4 is 0 Å². The lowest BCUT2D eigenvalue weighted by atomic mass is 9.83. The molecule has 5 rings (SSSR count). The van der Waals surface area contributed by atoms with Gasteiger partial charge in [-0.3, -0.25) is 14.6 Å². The van der Waals surface area contributed by atoms with E-state index >= 15 is 0 Å². The fraction of sp³-hybridized carbons (Fsp3) is 0.318. The molecule has 2 fully saturated rings. The summed E-state index contributed by atoms with van der Waals surface area (Å²) >= 11 is 1.61. The van der Waals surface area contributed by atoms with Crippen molar-refractivity contribution in [3.63, 3.8) is 0 Å². The normalized spacial score (nSPS) is 24.0. The topological polar surface area (TPSA) is 75.9 Å². The Morgan fingerprint density at radius 3 is 2.97 bits per heavy atom. The highest BCUT2D eigenvalue weighted by Crippen LogP contribution is 2.42. The predicted molar refractivity (Wildman–Crippen MR) is 110 cm³/mol. The van der Waals surface area contributed by atoms with Crippen LogP contribution in [0.3, 0.4) is 0 Å². The van der Waals surface area contributed by atoms with Gasteiger partial charge in [0.05, 0.1) is 19.4 Å². The third-order valence-electron chi connectivity index (χ3n) is 5.82. The van der Waals surface area contributed by atoms with Crippen LogP contribution in [-0.4, -0.2) is 58.4 Å². The van der Waals surface area contributed by atoms with E-state index in [1.165, 1.54) is 6.26 Å². The van der Waals surface area contributed by atoms with Gasteiger partial charge in [0.25, 0.3) is 11.8 Å². The maximum Gasteiger partial charge on any atom is 0.289 e. The largest absolute Gasteiger partial charge is 0.459 e. The number of pyridine rings is 1. The number of aromatic nitrogens is 1. The van der Waals surface area contributed by atoms with Gasteiger partial charge in [0.1, 0.15) is 0 Å². The van der Waals surface area contributed by atoms with E-state index in [0.717, 1.165) is 11.1 Å². The standard InChI is InChI=1S/C22H21N3O4S/c26-20(19-4-2-8-28-19)25-13-18(17-3-1-6-23-11-17)22(15-25)21(27)24(7-9-29-22)12-16-5-10-30-14-16/h1-6,8,10-11,14,18H,7,9,12-13,15H2/t18-,22-/m1/s1. The number of carbonyl (C=O) groups is 2. The molecule has 2 aliphatic heterocycles. The van der Waals surface area contributed by atoms with Crippen molar-refractivity contribution in [2.75, 3.05) is 26.2 Å². The zero-order valence-corrected chi connectivity index (χ0v) is 17.1. The molecule has 0 bridgehead atoms. The maximum atomic E-state index is 13.7. The lowest BCUT2D eigenvalue weighted by Crippen LogP contribution is -2.60. The van der Waals surface area contributed by atoms with Crippen LogP contribution in [0.5, 0.6) is 0 Å². The first-order valence-corrected chi connectivity index (χ1v) is 10.8. The SMILES string of the molecule is O=C(c1ccco1)N1C[C@H](c2cccnc2)[C@@]2(C1)OCCN(Cc1ccsc1)C2=O. The van der Waals surface area contributed by atoms with Gasteiger partial charge in [0.2, 0.25) is 0 Å². The monoisotopic (exact) mass is 423 g/mol. The second kappa shape index (κ2) is 7.70. The van der Waals surface area contributed by atoms with Crippen molar-refractivity contribution in [3.8, 4) is 0 Å². The van der Waals surface area contributed by atoms with E-state index in [-0.39, 0.29) is 30.0 Å². The molecule has 1 spiro atoms. The van der Waals surface area contributed by atoms with Crippen molar-refractivity contribution in [3.05, 3.63) is 76.6 Å². The minimum absolute atomic E-state index is 0.0800. The molecule has 2 aliphatic rings. The van der Waals surface area contributed by atoms with E-state index in [2.05, 4.69) is 10.4 Å². The molecule has 0 aliphatic carbocycles. The van der Waals surface area contributed by atoms with E-state index in [9.17, 15) is 9.59 Å². The Hall–Kier alpha value is -2.97. The summed E-state index contributed by atoms with van der Waals surface area (Å²) in [6.07, 6.45) is 4.92. The van der Waals surface area contributed by atoms with Crippen molar-refractivity contribution >= 4 is 23.2 Å². The first kappa shape index (κ1) is 19.0. The van der Waals surface area contributed by atoms with Crippen molar-refractivity contribution in [1.29, 1.82) is 0 Å². The number of hydrogen-bond acceptors (Lipinski definition) is 6. The third kappa shape index (κ3) is 3.22. The lowest BCUT2D eigenvalue weighted by Gasteiger charge is -2.42. The van der Waals surface area contributed by atoms with Crippen LogP contribution in [0.15, 0.2) is 64.2 Å². The van der Waals surface area contributed by atoms with Crippen molar-refractivity contribution in [2.24, 2.45) is 0 Å². The number of morpholine rings is 1. The molecule has 8 heteroatoms. The van der Waals surface area contributed by atoms with Crippen LogP contribution in [0.1, 0.15) is 27.6 Å². The number of rotatable bonds is 4. The number of amides is 2. The summed E-state index contributed by atoms with van der Waals surface area (Å²) in [5.74, 6) is -0.362. The lowest BCUT2D eigenvalue weighted by molar-refractivity contribution is -0.172. The van der Waals surface area contributed by atoms with Crippen LogP contribution in [-0.2, 0) is 16.1 Å². The first-order valence-electron chi connectivity index (χ1n) is 9.84. The number of ether oxygens (including phenoxy) is 1. The number of likely N-dealkylation sites (tertiary alicyclic amines) is 1. The molecule has 0 radical (unpaired) electrons. The number of furan rings is 1. The summed E-state index contributed by atoms with van der Waals surface area (Å²) in [7, 11) is 0. The van der Waals surface area contributed by atoms with Crippen LogP contribution in [0.4, 0.5) is 0 Å². The van der Waals surface area contributed by atoms with Crippen LogP contribution in [0, 0.1) is 0 Å². The second-order valence-corrected chi connectivity index (χ2v) is 8.38. The van der Waals surface area contributed by atoms with Gasteiger partial charge in [-0.25, -0.2) is 0 Å². The molecule has 7 nitrogen and oxygen atoms in total. The Labute approximate surface area is 177 Å². The molecule has 3 aromatic rings. The molecular weight excluding hydrogens is 402 g/mol. The molecule has 2 amide bonds. The molecule has 2 atom stereocenters. The molecule has 0 saturated carbocycles. The number of hydrogen-bond donors (Lipinski definition) is 0. The zero-order valence-electron chi connectivity index (χ0n) is 16.3. The quantitative estimate of drug-likeness (QED) is 0.645. The summed E-state index contributed by atoms with van der Waals surface area (Å²) in [4.78, 5) is 34.5. The van der Waals surface area contributed by atoms with Gasteiger partial charge in [-0.15, -0.1) is 0 Å². The fourth-order valence-electron chi connectivity index (χ4n) is 4.38. The summed E-state index contributed by atoms with van der Waals surface area (Å²) in [5, 5.41) is 4.06. The van der Waals surface area contributed by atoms with Crippen LogP contribution in [0.2, 0.25) is 0 Å². The Balaban J connectivity index is 1.49. The van der Waals surface area contributed by atoms with Gasteiger partial charge >= 0.3 is 0 Å². The van der Waals surface area contributed by atoms with E-state index < -0.39 is 5.60 Å². The Morgan fingerprint density at radius 2 is 2.23 bits per heavy atom. The van der Waals surface area contributed by atoms with Crippen LogP contribution >= 0.6 is 11.3 Å². The van der Waals surface area contributed by atoms with Gasteiger partial charge < -0.3 is 19.0 Å². The van der Waals surface area contributed by atoms with E-state index in [1.807, 2.05) is 28.5 Å². The summed E-state index contributed by atoms with van der Waals surface area (Å²) < 4.78 is 11.5. The van der Waals surface area contributed by atoms with Crippen molar-refractivity contribution in [1.82, 2.24) is 14.8 Å². The minimum atomic E-state index is -1.13. The van der Waals surface area contributed by atoms with Gasteiger partial charge in [-0.1, -0.05) is 6.07 Å². The van der Waals surface area contributed by atoms with E-state index in [1.54, 1.807) is 40.8 Å². The number of carbonyl (C=O) groups excluding carboxylic acids is 2. The Bertz CT molecular complexity index is 1020. The van der Waals surface area contributed by atoms with E-state index in [4.69, 9.17) is 9.15 Å². The molecule has 0 unspecified atom stereocenters. The molecule has 30 heavy (non-hydrogen) atoms. The second-order valence-electron chi connectivity index (χ2n) is 7.60. The van der Waals surface area contributed by atoms with Gasteiger partial charge in [0, 0.05) is 37.9 Å². The predicted octanol–water partition coefficient (Wildman–Crippen LogP) is 2.77. The molecular formula is C22H21N3O4S. The molecule has 3 aromatic heterocycles. The fourth-order valence-corrected chi connectivity index (χ4v) is 5.04. The molecule has 0 aromatic carbocycles. The number of thiophene rings is 1. The summed E-state index contributed by atoms with van der Waals surface area (Å²) in [6.45, 7) is 2.05. The van der Waals surface area contributed by atoms with Crippen molar-refractivity contribution in [2.45, 2.75) is 18.1 Å². The minimum Gasteiger partial charge on any atom is -0.459 e. The summed E-state index contributed by atoms with van der Waals surface area (Å²) in [6, 6.07) is 9.13. The first-order chi connectivity index (χ1) is 14.7. The smallest absolute Gasteiger partial charge is 0.289 e. The molecule has 0 N–H and O–H groups in total. The third-order valence-corrected chi connectivity index (χ3v) is 6.55.